The van der Waals surface area contributed by atoms with E-state index in [0.29, 0.717) is 6.04 Å². The molecule has 1 aliphatic rings. The Morgan fingerprint density at radius 2 is 2.21 bits per heavy atom. The highest BCUT2D eigenvalue weighted by Crippen LogP contribution is 2.35. The van der Waals surface area contributed by atoms with E-state index < -0.39 is 0 Å². The minimum absolute atomic E-state index is 0.646. The van der Waals surface area contributed by atoms with Crippen LogP contribution in [0.2, 0.25) is 5.02 Å². The largest absolute Gasteiger partial charge is 0.383 e. The van der Waals surface area contributed by atoms with Crippen molar-refractivity contribution in [1.29, 1.82) is 0 Å². The van der Waals surface area contributed by atoms with Crippen LogP contribution in [0.5, 0.6) is 0 Å². The average molecular weight is 283 g/mol. The zero-order valence-electron chi connectivity index (χ0n) is 11.8. The molecule has 0 amide bonds. The molecule has 4 heteroatoms. The number of halogens is 1. The Hall–Kier alpha value is -0.770. The van der Waals surface area contributed by atoms with E-state index in [4.69, 9.17) is 16.3 Å². The zero-order valence-corrected chi connectivity index (χ0v) is 12.5. The van der Waals surface area contributed by atoms with Crippen molar-refractivity contribution in [2.45, 2.75) is 32.4 Å². The molecule has 0 saturated heterocycles. The van der Waals surface area contributed by atoms with Crippen LogP contribution in [0.25, 0.3) is 0 Å². The van der Waals surface area contributed by atoms with Gasteiger partial charge in [0, 0.05) is 26.2 Å². The Bertz CT molecular complexity index is 407. The highest BCUT2D eigenvalue weighted by molar-refractivity contribution is 6.33. The number of nitrogens with one attached hydrogen (secondary N) is 1. The van der Waals surface area contributed by atoms with Gasteiger partial charge in [0.1, 0.15) is 0 Å². The number of methoxy groups -OCH3 is 1. The molecule has 1 saturated carbocycles. The third-order valence-electron chi connectivity index (χ3n) is 3.42. The predicted molar refractivity (Wildman–Crippen MR) is 81.1 cm³/mol. The maximum absolute atomic E-state index is 6.44. The lowest BCUT2D eigenvalue weighted by Crippen LogP contribution is -2.29. The molecule has 1 fully saturated rings. The predicted octanol–water partition coefficient (Wildman–Crippen LogP) is 3.06. The molecular weight excluding hydrogens is 260 g/mol. The molecule has 106 valence electrons. The maximum atomic E-state index is 6.44. The molecule has 0 radical (unpaired) electrons. The van der Waals surface area contributed by atoms with Crippen LogP contribution in [0.15, 0.2) is 18.2 Å². The zero-order chi connectivity index (χ0) is 13.7. The average Bonchev–Trinajstić information content (AvgIpc) is 3.23. The molecule has 0 bridgehead atoms. The number of nitrogens with zero attached hydrogens (tertiary/aromatic N) is 1. The number of hydrogen-bond donors (Lipinski definition) is 1. The standard InChI is InChI=1S/C15H23ClN2O/c1-3-17-11-12-4-7-15(14(16)10-12)18(8-9-19-2)13-5-6-13/h4,7,10,13,17H,3,5-6,8-9,11H2,1-2H3. The second-order valence-corrected chi connectivity index (χ2v) is 5.39. The first-order valence-corrected chi connectivity index (χ1v) is 7.38. The SMILES string of the molecule is CCNCc1ccc(N(CCOC)C2CC2)c(Cl)c1. The molecule has 1 aromatic carbocycles. The van der Waals surface area contributed by atoms with E-state index in [1.165, 1.54) is 18.4 Å². The van der Waals surface area contributed by atoms with Crippen LogP contribution in [0, 0.1) is 0 Å². The van der Waals surface area contributed by atoms with E-state index in [0.717, 1.165) is 37.0 Å². The Labute approximate surface area is 120 Å². The van der Waals surface area contributed by atoms with Gasteiger partial charge in [0.15, 0.2) is 0 Å². The van der Waals surface area contributed by atoms with Crippen LogP contribution in [-0.4, -0.2) is 32.8 Å². The van der Waals surface area contributed by atoms with Crippen molar-refractivity contribution < 1.29 is 4.74 Å². The summed E-state index contributed by atoms with van der Waals surface area (Å²) in [5, 5.41) is 4.16. The van der Waals surface area contributed by atoms with Gasteiger partial charge in [0.2, 0.25) is 0 Å². The van der Waals surface area contributed by atoms with Gasteiger partial charge >= 0.3 is 0 Å². The Morgan fingerprint density at radius 3 is 2.79 bits per heavy atom. The second-order valence-electron chi connectivity index (χ2n) is 4.98. The summed E-state index contributed by atoms with van der Waals surface area (Å²) in [5.74, 6) is 0. The van der Waals surface area contributed by atoms with E-state index in [1.807, 2.05) is 0 Å². The van der Waals surface area contributed by atoms with Crippen molar-refractivity contribution >= 4 is 17.3 Å². The summed E-state index contributed by atoms with van der Waals surface area (Å²) in [5.41, 5.74) is 2.37. The van der Waals surface area contributed by atoms with Crippen LogP contribution in [0.4, 0.5) is 5.69 Å². The highest BCUT2D eigenvalue weighted by Gasteiger charge is 2.30. The molecule has 0 spiro atoms. The molecule has 0 unspecified atom stereocenters. The van der Waals surface area contributed by atoms with E-state index in [9.17, 15) is 0 Å². The molecule has 1 aliphatic carbocycles. The highest BCUT2D eigenvalue weighted by atomic mass is 35.5. The molecule has 0 atom stereocenters. The molecular formula is C15H23ClN2O. The summed E-state index contributed by atoms with van der Waals surface area (Å²) >= 11 is 6.44. The molecule has 2 rings (SSSR count). The van der Waals surface area contributed by atoms with E-state index in [1.54, 1.807) is 7.11 Å². The number of ether oxygens (including phenoxy) is 1. The van der Waals surface area contributed by atoms with Gasteiger partial charge in [-0.1, -0.05) is 24.6 Å². The lowest BCUT2D eigenvalue weighted by atomic mass is 10.2. The lowest BCUT2D eigenvalue weighted by Gasteiger charge is -2.25. The summed E-state index contributed by atoms with van der Waals surface area (Å²) in [4.78, 5) is 2.38. The monoisotopic (exact) mass is 282 g/mol. The van der Waals surface area contributed by atoms with E-state index >= 15 is 0 Å². The summed E-state index contributed by atoms with van der Waals surface area (Å²) in [6, 6.07) is 7.02. The van der Waals surface area contributed by atoms with Gasteiger partial charge in [-0.3, -0.25) is 0 Å². The van der Waals surface area contributed by atoms with Crippen LogP contribution in [-0.2, 0) is 11.3 Å². The Balaban J connectivity index is 2.08. The van der Waals surface area contributed by atoms with Crippen molar-refractivity contribution in [2.75, 3.05) is 31.7 Å². The Kier molecular flexibility index (Phi) is 5.49. The third kappa shape index (κ3) is 4.10. The first-order valence-electron chi connectivity index (χ1n) is 7.01. The maximum Gasteiger partial charge on any atom is 0.0642 e. The fourth-order valence-electron chi connectivity index (χ4n) is 2.24. The van der Waals surface area contributed by atoms with Gasteiger partial charge in [-0.25, -0.2) is 0 Å². The molecule has 3 nitrogen and oxygen atoms in total. The van der Waals surface area contributed by atoms with Crippen LogP contribution in [0.3, 0.4) is 0 Å². The fourth-order valence-corrected chi connectivity index (χ4v) is 2.55. The van der Waals surface area contributed by atoms with Gasteiger partial charge < -0.3 is 15.0 Å². The summed E-state index contributed by atoms with van der Waals surface area (Å²) in [6.07, 6.45) is 2.53. The van der Waals surface area contributed by atoms with Gasteiger partial charge in [-0.2, -0.15) is 0 Å². The third-order valence-corrected chi connectivity index (χ3v) is 3.73. The smallest absolute Gasteiger partial charge is 0.0642 e. The normalized spacial score (nSPS) is 14.7. The van der Waals surface area contributed by atoms with Gasteiger partial charge in [-0.15, -0.1) is 0 Å². The minimum atomic E-state index is 0.646. The Morgan fingerprint density at radius 1 is 1.42 bits per heavy atom. The van der Waals surface area contributed by atoms with Gasteiger partial charge in [-0.05, 0) is 37.1 Å². The van der Waals surface area contributed by atoms with Crippen molar-refractivity contribution in [2.24, 2.45) is 0 Å². The fraction of sp³-hybridized carbons (Fsp3) is 0.600. The molecule has 0 heterocycles. The van der Waals surface area contributed by atoms with Gasteiger partial charge in [0.25, 0.3) is 0 Å². The van der Waals surface area contributed by atoms with Crippen molar-refractivity contribution in [1.82, 2.24) is 5.32 Å². The summed E-state index contributed by atoms with van der Waals surface area (Å²) < 4.78 is 5.19. The van der Waals surface area contributed by atoms with E-state index in [2.05, 4.69) is 35.3 Å². The lowest BCUT2D eigenvalue weighted by molar-refractivity contribution is 0.205. The van der Waals surface area contributed by atoms with Gasteiger partial charge in [0.05, 0.1) is 17.3 Å². The number of benzene rings is 1. The van der Waals surface area contributed by atoms with Crippen molar-refractivity contribution in [3.8, 4) is 0 Å². The van der Waals surface area contributed by atoms with Crippen LogP contribution < -0.4 is 10.2 Å². The molecule has 0 aromatic heterocycles. The van der Waals surface area contributed by atoms with Crippen LogP contribution >= 0.6 is 11.6 Å². The quantitative estimate of drug-likeness (QED) is 0.793. The molecule has 19 heavy (non-hydrogen) atoms. The number of hydrogen-bond acceptors (Lipinski definition) is 3. The van der Waals surface area contributed by atoms with Crippen LogP contribution in [0.1, 0.15) is 25.3 Å². The van der Waals surface area contributed by atoms with Crippen molar-refractivity contribution in [3.63, 3.8) is 0 Å². The molecule has 1 aromatic rings. The summed E-state index contributed by atoms with van der Waals surface area (Å²) in [7, 11) is 1.74. The summed E-state index contributed by atoms with van der Waals surface area (Å²) in [6.45, 7) is 5.61. The molecule has 0 aliphatic heterocycles. The first kappa shape index (κ1) is 14.6. The van der Waals surface area contributed by atoms with Crippen molar-refractivity contribution in [3.05, 3.63) is 28.8 Å². The first-order chi connectivity index (χ1) is 9.26. The minimum Gasteiger partial charge on any atom is -0.383 e. The number of anilines is 1. The molecule has 1 N–H and O–H groups in total. The topological polar surface area (TPSA) is 24.5 Å². The second kappa shape index (κ2) is 7.13. The van der Waals surface area contributed by atoms with E-state index in [-0.39, 0.29) is 0 Å². The number of rotatable bonds is 8.